The van der Waals surface area contributed by atoms with E-state index >= 15 is 0 Å². The molecule has 0 N–H and O–H groups in total. The Morgan fingerprint density at radius 2 is 1.06 bits per heavy atom. The number of hydrogen-bond donors (Lipinski definition) is 0. The Balaban J connectivity index is 1.53. The lowest BCUT2D eigenvalue weighted by Gasteiger charge is -2.28. The van der Waals surface area contributed by atoms with Crippen LogP contribution in [-0.2, 0) is 0 Å². The molecule has 178 valence electrons. The molecule has 2 nitrogen and oxygen atoms in total. The number of halogens is 1. The van der Waals surface area contributed by atoms with Crippen LogP contribution in [0.2, 0.25) is 0 Å². The lowest BCUT2D eigenvalue weighted by molar-refractivity contribution is 0.628. The molecule has 0 atom stereocenters. The second-order valence-electron chi connectivity index (χ2n) is 9.09. The first-order chi connectivity index (χ1) is 17.5. The van der Waals surface area contributed by atoms with Crippen molar-refractivity contribution >= 4 is 28.4 Å². The van der Waals surface area contributed by atoms with Gasteiger partial charge in [-0.05, 0) is 97.3 Å². The zero-order valence-electron chi connectivity index (χ0n) is 20.8. The van der Waals surface area contributed by atoms with Crippen molar-refractivity contribution in [2.75, 3.05) is 16.8 Å². The summed E-state index contributed by atoms with van der Waals surface area (Å²) in [6.07, 6.45) is 0. The molecule has 3 heteroatoms. The van der Waals surface area contributed by atoms with E-state index in [0.29, 0.717) is 0 Å². The molecule has 0 heterocycles. The molecule has 0 aliphatic carbocycles. The van der Waals surface area contributed by atoms with Crippen LogP contribution in [0, 0.1) is 19.7 Å². The number of anilines is 5. The molecule has 0 saturated carbocycles. The van der Waals surface area contributed by atoms with Crippen LogP contribution in [0.1, 0.15) is 11.1 Å². The minimum atomic E-state index is -0.246. The van der Waals surface area contributed by atoms with Crippen molar-refractivity contribution in [3.8, 4) is 11.1 Å². The summed E-state index contributed by atoms with van der Waals surface area (Å²) in [5, 5.41) is 0. The highest BCUT2D eigenvalue weighted by atomic mass is 19.1. The lowest BCUT2D eigenvalue weighted by Crippen LogP contribution is -2.13. The second kappa shape index (κ2) is 10.1. The van der Waals surface area contributed by atoms with Crippen LogP contribution < -0.4 is 9.80 Å². The van der Waals surface area contributed by atoms with E-state index in [2.05, 4.69) is 110 Å². The first kappa shape index (κ1) is 23.4. The van der Waals surface area contributed by atoms with E-state index in [-0.39, 0.29) is 5.82 Å². The van der Waals surface area contributed by atoms with Gasteiger partial charge in [-0.1, -0.05) is 60.2 Å². The van der Waals surface area contributed by atoms with Gasteiger partial charge in [0.25, 0.3) is 0 Å². The van der Waals surface area contributed by atoms with Crippen molar-refractivity contribution < 1.29 is 4.39 Å². The summed E-state index contributed by atoms with van der Waals surface area (Å²) in [4.78, 5) is 4.36. The van der Waals surface area contributed by atoms with Crippen LogP contribution in [0.25, 0.3) is 11.1 Å². The van der Waals surface area contributed by atoms with Gasteiger partial charge in [0.2, 0.25) is 0 Å². The zero-order chi connectivity index (χ0) is 25.1. The molecule has 5 aromatic carbocycles. The van der Waals surface area contributed by atoms with E-state index in [9.17, 15) is 4.39 Å². The number of para-hydroxylation sites is 1. The third kappa shape index (κ3) is 4.87. The fourth-order valence-electron chi connectivity index (χ4n) is 4.53. The van der Waals surface area contributed by atoms with Gasteiger partial charge in [0.15, 0.2) is 0 Å². The fraction of sp³-hybridized carbons (Fsp3) is 0.0909. The molecule has 36 heavy (non-hydrogen) atoms. The lowest BCUT2D eigenvalue weighted by atomic mass is 10.0. The largest absolute Gasteiger partial charge is 0.344 e. The summed E-state index contributed by atoms with van der Waals surface area (Å²) in [5.41, 5.74) is 9.96. The predicted molar refractivity (Wildman–Crippen MR) is 150 cm³/mol. The van der Waals surface area contributed by atoms with Crippen LogP contribution in [0.4, 0.5) is 32.8 Å². The molecule has 0 radical (unpaired) electrons. The van der Waals surface area contributed by atoms with E-state index in [4.69, 9.17) is 0 Å². The van der Waals surface area contributed by atoms with Crippen LogP contribution >= 0.6 is 0 Å². The summed E-state index contributed by atoms with van der Waals surface area (Å²) in [6.45, 7) is 4.22. The standard InChI is InChI=1S/C33H29FN2/c1-24-9-11-26(12-10-24)27-13-17-30(18-14-27)36(31-19-15-28(34)16-20-31)32-21-22-33(25(2)23-32)35(3)29-7-5-4-6-8-29/h4-23H,1-3H3. The predicted octanol–water partition coefficient (Wildman–Crippen LogP) is 9.35. The normalized spacial score (nSPS) is 10.8. The van der Waals surface area contributed by atoms with Crippen molar-refractivity contribution in [2.45, 2.75) is 13.8 Å². The number of rotatable bonds is 6. The van der Waals surface area contributed by atoms with Gasteiger partial charge in [0, 0.05) is 35.5 Å². The Morgan fingerprint density at radius 3 is 1.64 bits per heavy atom. The van der Waals surface area contributed by atoms with Crippen LogP contribution in [0.5, 0.6) is 0 Å². The van der Waals surface area contributed by atoms with Crippen LogP contribution in [-0.4, -0.2) is 7.05 Å². The van der Waals surface area contributed by atoms with Crippen LogP contribution in [0.3, 0.4) is 0 Å². The van der Waals surface area contributed by atoms with Crippen molar-refractivity contribution in [3.63, 3.8) is 0 Å². The van der Waals surface area contributed by atoms with Gasteiger partial charge in [0.05, 0.1) is 0 Å². The third-order valence-corrected chi connectivity index (χ3v) is 6.54. The van der Waals surface area contributed by atoms with E-state index in [0.717, 1.165) is 39.6 Å². The smallest absolute Gasteiger partial charge is 0.123 e. The maximum Gasteiger partial charge on any atom is 0.123 e. The summed E-state index contributed by atoms with van der Waals surface area (Å²) in [5.74, 6) is -0.246. The highest BCUT2D eigenvalue weighted by Gasteiger charge is 2.15. The molecular formula is C33H29FN2. The molecule has 0 aliphatic rings. The molecule has 0 fully saturated rings. The minimum Gasteiger partial charge on any atom is -0.344 e. The Morgan fingerprint density at radius 1 is 0.528 bits per heavy atom. The number of benzene rings is 5. The Kier molecular flexibility index (Phi) is 6.55. The van der Waals surface area contributed by atoms with Gasteiger partial charge >= 0.3 is 0 Å². The Hall–Kier alpha value is -4.37. The SMILES string of the molecule is Cc1ccc(-c2ccc(N(c3ccc(F)cc3)c3ccc(N(C)c4ccccc4)c(C)c3)cc2)cc1. The van der Waals surface area contributed by atoms with E-state index in [1.54, 1.807) is 0 Å². The average Bonchev–Trinajstić information content (AvgIpc) is 2.91. The van der Waals surface area contributed by atoms with Crippen LogP contribution in [0.15, 0.2) is 121 Å². The van der Waals surface area contributed by atoms with Crippen molar-refractivity contribution in [1.29, 1.82) is 0 Å². The van der Waals surface area contributed by atoms with Gasteiger partial charge < -0.3 is 9.80 Å². The summed E-state index contributed by atoms with van der Waals surface area (Å²) < 4.78 is 13.8. The zero-order valence-corrected chi connectivity index (χ0v) is 20.8. The maximum atomic E-state index is 13.8. The first-order valence-electron chi connectivity index (χ1n) is 12.1. The molecule has 0 spiro atoms. The molecule has 5 aromatic rings. The van der Waals surface area contributed by atoms with Gasteiger partial charge in [-0.25, -0.2) is 4.39 Å². The maximum absolute atomic E-state index is 13.8. The average molecular weight is 473 g/mol. The summed E-state index contributed by atoms with van der Waals surface area (Å²) in [7, 11) is 2.08. The van der Waals surface area contributed by atoms with Gasteiger partial charge in [-0.2, -0.15) is 0 Å². The Labute approximate surface area is 212 Å². The molecule has 0 amide bonds. The monoisotopic (exact) mass is 472 g/mol. The molecular weight excluding hydrogens is 443 g/mol. The molecule has 0 saturated heterocycles. The van der Waals surface area contributed by atoms with Gasteiger partial charge in [-0.15, -0.1) is 0 Å². The Bertz CT molecular complexity index is 1440. The molecule has 0 aliphatic heterocycles. The number of aryl methyl sites for hydroxylation is 2. The molecule has 0 unspecified atom stereocenters. The van der Waals surface area contributed by atoms with Crippen molar-refractivity contribution in [2.24, 2.45) is 0 Å². The summed E-state index contributed by atoms with van der Waals surface area (Å²) >= 11 is 0. The number of nitrogens with zero attached hydrogens (tertiary/aromatic N) is 2. The van der Waals surface area contributed by atoms with E-state index < -0.39 is 0 Å². The van der Waals surface area contributed by atoms with Gasteiger partial charge in [0.1, 0.15) is 5.82 Å². The molecule has 0 aromatic heterocycles. The highest BCUT2D eigenvalue weighted by Crippen LogP contribution is 2.38. The third-order valence-electron chi connectivity index (χ3n) is 6.54. The summed E-state index contributed by atoms with van der Waals surface area (Å²) in [6, 6.07) is 40.5. The molecule has 0 bridgehead atoms. The van der Waals surface area contributed by atoms with Crippen molar-refractivity contribution in [3.05, 3.63) is 138 Å². The molecule has 5 rings (SSSR count). The quantitative estimate of drug-likeness (QED) is 0.243. The topological polar surface area (TPSA) is 6.48 Å². The van der Waals surface area contributed by atoms with E-state index in [1.807, 2.05) is 30.3 Å². The van der Waals surface area contributed by atoms with Gasteiger partial charge in [-0.3, -0.25) is 0 Å². The first-order valence-corrected chi connectivity index (χ1v) is 12.1. The second-order valence-corrected chi connectivity index (χ2v) is 9.09. The number of hydrogen-bond acceptors (Lipinski definition) is 2. The fourth-order valence-corrected chi connectivity index (χ4v) is 4.53. The minimum absolute atomic E-state index is 0.246. The highest BCUT2D eigenvalue weighted by molar-refractivity contribution is 5.80. The van der Waals surface area contributed by atoms with E-state index in [1.165, 1.54) is 23.3 Å². The van der Waals surface area contributed by atoms with Crippen molar-refractivity contribution in [1.82, 2.24) is 0 Å².